The van der Waals surface area contributed by atoms with Gasteiger partial charge in [0.25, 0.3) is 0 Å². The van der Waals surface area contributed by atoms with E-state index in [9.17, 15) is 0 Å². The molecule has 0 aliphatic carbocycles. The molecular formula is C11H13N3O. The summed E-state index contributed by atoms with van der Waals surface area (Å²) < 4.78 is 5.60. The molecule has 78 valence electrons. The van der Waals surface area contributed by atoms with Crippen molar-refractivity contribution >= 4 is 5.82 Å². The van der Waals surface area contributed by atoms with E-state index < -0.39 is 0 Å². The fourth-order valence-electron chi connectivity index (χ4n) is 1.38. The lowest BCUT2D eigenvalue weighted by Crippen LogP contribution is -1.89. The van der Waals surface area contributed by atoms with Gasteiger partial charge in [-0.2, -0.15) is 0 Å². The first-order valence-electron chi connectivity index (χ1n) is 4.86. The fourth-order valence-corrected chi connectivity index (χ4v) is 1.38. The SMILES string of the molecule is CCc1ccccc1Oc1cc(N)[nH]n1. The highest BCUT2D eigenvalue weighted by Crippen LogP contribution is 2.24. The van der Waals surface area contributed by atoms with Gasteiger partial charge in [-0.05, 0) is 18.1 Å². The van der Waals surface area contributed by atoms with Crippen LogP contribution in [-0.4, -0.2) is 10.2 Å². The summed E-state index contributed by atoms with van der Waals surface area (Å²) in [6.45, 7) is 2.08. The lowest BCUT2D eigenvalue weighted by molar-refractivity contribution is 0.456. The van der Waals surface area contributed by atoms with Gasteiger partial charge in [-0.25, -0.2) is 0 Å². The predicted octanol–water partition coefficient (Wildman–Crippen LogP) is 2.35. The van der Waals surface area contributed by atoms with E-state index in [-0.39, 0.29) is 0 Å². The van der Waals surface area contributed by atoms with Gasteiger partial charge in [0.2, 0.25) is 5.88 Å². The number of rotatable bonds is 3. The number of aromatic nitrogens is 2. The molecule has 0 unspecified atom stereocenters. The van der Waals surface area contributed by atoms with Crippen molar-refractivity contribution in [3.63, 3.8) is 0 Å². The molecule has 1 heterocycles. The van der Waals surface area contributed by atoms with E-state index in [4.69, 9.17) is 10.5 Å². The summed E-state index contributed by atoms with van der Waals surface area (Å²) >= 11 is 0. The lowest BCUT2D eigenvalue weighted by Gasteiger charge is -2.06. The van der Waals surface area contributed by atoms with E-state index in [1.807, 2.05) is 24.3 Å². The van der Waals surface area contributed by atoms with Crippen LogP contribution in [0, 0.1) is 0 Å². The normalized spacial score (nSPS) is 10.2. The zero-order valence-corrected chi connectivity index (χ0v) is 8.53. The highest BCUT2D eigenvalue weighted by molar-refractivity contribution is 5.38. The molecule has 0 fully saturated rings. The number of nitrogens with zero attached hydrogens (tertiary/aromatic N) is 1. The van der Waals surface area contributed by atoms with E-state index >= 15 is 0 Å². The summed E-state index contributed by atoms with van der Waals surface area (Å²) in [5.41, 5.74) is 6.66. The minimum Gasteiger partial charge on any atom is -0.437 e. The molecule has 2 rings (SSSR count). The summed E-state index contributed by atoms with van der Waals surface area (Å²) in [6.07, 6.45) is 0.927. The molecule has 4 nitrogen and oxygen atoms in total. The number of nitrogen functional groups attached to an aromatic ring is 1. The molecule has 0 radical (unpaired) electrons. The molecule has 0 saturated heterocycles. The van der Waals surface area contributed by atoms with Gasteiger partial charge >= 0.3 is 0 Å². The Balaban J connectivity index is 2.23. The van der Waals surface area contributed by atoms with Gasteiger partial charge in [0.1, 0.15) is 11.6 Å². The van der Waals surface area contributed by atoms with Crippen molar-refractivity contribution in [1.29, 1.82) is 0 Å². The first kappa shape index (κ1) is 9.58. The van der Waals surface area contributed by atoms with Gasteiger partial charge in [0, 0.05) is 6.07 Å². The molecule has 0 amide bonds. The minimum absolute atomic E-state index is 0.494. The van der Waals surface area contributed by atoms with Crippen LogP contribution in [0.1, 0.15) is 12.5 Å². The third kappa shape index (κ3) is 2.10. The van der Waals surface area contributed by atoms with E-state index in [0.29, 0.717) is 11.7 Å². The smallest absolute Gasteiger partial charge is 0.240 e. The molecule has 3 N–H and O–H groups in total. The summed E-state index contributed by atoms with van der Waals surface area (Å²) in [6, 6.07) is 9.54. The maximum atomic E-state index is 5.60. The van der Waals surface area contributed by atoms with Gasteiger partial charge in [0.05, 0.1) is 0 Å². The summed E-state index contributed by atoms with van der Waals surface area (Å²) in [5, 5.41) is 6.54. The van der Waals surface area contributed by atoms with Crippen molar-refractivity contribution in [2.24, 2.45) is 0 Å². The van der Waals surface area contributed by atoms with E-state index in [2.05, 4.69) is 17.1 Å². The molecule has 15 heavy (non-hydrogen) atoms. The zero-order valence-electron chi connectivity index (χ0n) is 8.53. The second-order valence-electron chi connectivity index (χ2n) is 3.22. The first-order chi connectivity index (χ1) is 7.29. The molecule has 4 heteroatoms. The number of H-pyrrole nitrogens is 1. The molecule has 0 bridgehead atoms. The summed E-state index contributed by atoms with van der Waals surface area (Å²) in [7, 11) is 0. The molecule has 0 spiro atoms. The fraction of sp³-hybridized carbons (Fsp3) is 0.182. The molecule has 2 aromatic rings. The molecule has 0 aliphatic heterocycles. The molecule has 0 aliphatic rings. The van der Waals surface area contributed by atoms with Crippen molar-refractivity contribution in [2.75, 3.05) is 5.73 Å². The predicted molar refractivity (Wildman–Crippen MR) is 58.9 cm³/mol. The Morgan fingerprint density at radius 3 is 2.87 bits per heavy atom. The quantitative estimate of drug-likeness (QED) is 0.804. The second-order valence-corrected chi connectivity index (χ2v) is 3.22. The van der Waals surface area contributed by atoms with Crippen LogP contribution in [0.15, 0.2) is 30.3 Å². The Hall–Kier alpha value is -1.97. The third-order valence-electron chi connectivity index (χ3n) is 2.14. The van der Waals surface area contributed by atoms with Crippen molar-refractivity contribution in [1.82, 2.24) is 10.2 Å². The number of benzene rings is 1. The van der Waals surface area contributed by atoms with Gasteiger partial charge in [-0.3, -0.25) is 5.10 Å². The maximum Gasteiger partial charge on any atom is 0.240 e. The lowest BCUT2D eigenvalue weighted by atomic mass is 10.1. The van der Waals surface area contributed by atoms with Gasteiger partial charge in [-0.1, -0.05) is 25.1 Å². The van der Waals surface area contributed by atoms with E-state index in [1.165, 1.54) is 0 Å². The van der Waals surface area contributed by atoms with Crippen LogP contribution in [-0.2, 0) is 6.42 Å². The molecule has 1 aromatic carbocycles. The van der Waals surface area contributed by atoms with Crippen molar-refractivity contribution < 1.29 is 4.74 Å². The number of para-hydroxylation sites is 1. The van der Waals surface area contributed by atoms with Crippen LogP contribution in [0.25, 0.3) is 0 Å². The number of hydrogen-bond donors (Lipinski definition) is 2. The standard InChI is InChI=1S/C11H13N3O/c1-2-8-5-3-4-6-9(8)15-11-7-10(12)13-14-11/h3-7H,2H2,1H3,(H3,12,13,14). The average Bonchev–Trinajstić information content (AvgIpc) is 2.65. The molecule has 1 aromatic heterocycles. The Bertz CT molecular complexity index is 451. The van der Waals surface area contributed by atoms with E-state index in [0.717, 1.165) is 17.7 Å². The highest BCUT2D eigenvalue weighted by atomic mass is 16.5. The molecule has 0 saturated carbocycles. The van der Waals surface area contributed by atoms with E-state index in [1.54, 1.807) is 6.07 Å². The number of aromatic amines is 1. The number of nitrogens with two attached hydrogens (primary N) is 1. The van der Waals surface area contributed by atoms with Crippen LogP contribution < -0.4 is 10.5 Å². The number of hydrogen-bond acceptors (Lipinski definition) is 3. The minimum atomic E-state index is 0.494. The number of nitrogens with one attached hydrogen (secondary N) is 1. The first-order valence-corrected chi connectivity index (χ1v) is 4.86. The van der Waals surface area contributed by atoms with Crippen LogP contribution in [0.2, 0.25) is 0 Å². The van der Waals surface area contributed by atoms with Gasteiger partial charge < -0.3 is 10.5 Å². The van der Waals surface area contributed by atoms with Crippen molar-refractivity contribution in [3.8, 4) is 11.6 Å². The third-order valence-corrected chi connectivity index (χ3v) is 2.14. The average molecular weight is 203 g/mol. The molecular weight excluding hydrogens is 190 g/mol. The van der Waals surface area contributed by atoms with Crippen LogP contribution in [0.4, 0.5) is 5.82 Å². The van der Waals surface area contributed by atoms with Crippen molar-refractivity contribution in [3.05, 3.63) is 35.9 Å². The van der Waals surface area contributed by atoms with Gasteiger partial charge in [-0.15, -0.1) is 5.10 Å². The molecule has 0 atom stereocenters. The van der Waals surface area contributed by atoms with Crippen LogP contribution >= 0.6 is 0 Å². The Morgan fingerprint density at radius 2 is 2.20 bits per heavy atom. The van der Waals surface area contributed by atoms with Crippen molar-refractivity contribution in [2.45, 2.75) is 13.3 Å². The number of anilines is 1. The second kappa shape index (κ2) is 4.04. The number of ether oxygens (including phenoxy) is 1. The Labute approximate surface area is 88.1 Å². The largest absolute Gasteiger partial charge is 0.437 e. The zero-order chi connectivity index (χ0) is 10.7. The van der Waals surface area contributed by atoms with Crippen LogP contribution in [0.3, 0.4) is 0 Å². The maximum absolute atomic E-state index is 5.60. The topological polar surface area (TPSA) is 63.9 Å². The van der Waals surface area contributed by atoms with Crippen LogP contribution in [0.5, 0.6) is 11.6 Å². The Kier molecular flexibility index (Phi) is 2.58. The highest BCUT2D eigenvalue weighted by Gasteiger charge is 2.04. The Morgan fingerprint density at radius 1 is 1.40 bits per heavy atom. The number of aryl methyl sites for hydroxylation is 1. The summed E-state index contributed by atoms with van der Waals surface area (Å²) in [4.78, 5) is 0. The van der Waals surface area contributed by atoms with Gasteiger partial charge in [0.15, 0.2) is 0 Å². The monoisotopic (exact) mass is 203 g/mol. The summed E-state index contributed by atoms with van der Waals surface area (Å²) in [5.74, 6) is 1.82.